The van der Waals surface area contributed by atoms with E-state index in [9.17, 15) is 14.0 Å². The Hall–Kier alpha value is -2.15. The molecule has 6 nitrogen and oxygen atoms in total. The van der Waals surface area contributed by atoms with Gasteiger partial charge in [0.1, 0.15) is 24.8 Å². The maximum Gasteiger partial charge on any atom is 0.329 e. The SMILES string of the molecule is CCOc1cc(F)ccc1NC(=O)COCC(=O)O. The smallest absolute Gasteiger partial charge is 0.329 e. The number of anilines is 1. The first-order valence-corrected chi connectivity index (χ1v) is 5.54. The standard InChI is InChI=1S/C12H14FNO5/c1-2-19-10-5-8(13)3-4-9(10)14-11(15)6-18-7-12(16)17/h3-5H,2,6-7H2,1H3,(H,14,15)(H,16,17). The van der Waals surface area contributed by atoms with Crippen LogP contribution >= 0.6 is 0 Å². The molecule has 0 atom stereocenters. The molecule has 0 heterocycles. The highest BCUT2D eigenvalue weighted by atomic mass is 19.1. The number of halogens is 1. The number of nitrogens with one attached hydrogen (secondary N) is 1. The summed E-state index contributed by atoms with van der Waals surface area (Å²) in [5, 5.41) is 10.8. The van der Waals surface area contributed by atoms with Gasteiger partial charge < -0.3 is 19.9 Å². The Bertz CT molecular complexity index is 463. The zero-order valence-electron chi connectivity index (χ0n) is 10.3. The molecule has 0 unspecified atom stereocenters. The van der Waals surface area contributed by atoms with Crippen LogP contribution in [0.1, 0.15) is 6.92 Å². The van der Waals surface area contributed by atoms with Crippen LogP contribution in [0.2, 0.25) is 0 Å². The number of aliphatic carboxylic acids is 1. The fourth-order valence-electron chi connectivity index (χ4n) is 1.29. The van der Waals surface area contributed by atoms with Crippen LogP contribution in [-0.2, 0) is 14.3 Å². The molecule has 7 heteroatoms. The normalized spacial score (nSPS) is 10.0. The van der Waals surface area contributed by atoms with Crippen molar-refractivity contribution in [3.8, 4) is 5.75 Å². The van der Waals surface area contributed by atoms with Gasteiger partial charge in [-0.2, -0.15) is 0 Å². The Morgan fingerprint density at radius 1 is 1.37 bits per heavy atom. The fraction of sp³-hybridized carbons (Fsp3) is 0.333. The van der Waals surface area contributed by atoms with Gasteiger partial charge in [-0.05, 0) is 19.1 Å². The minimum Gasteiger partial charge on any atom is -0.492 e. The summed E-state index contributed by atoms with van der Waals surface area (Å²) in [5.74, 6) is -1.99. The van der Waals surface area contributed by atoms with Gasteiger partial charge in [0.15, 0.2) is 0 Å². The number of carbonyl (C=O) groups excluding carboxylic acids is 1. The van der Waals surface area contributed by atoms with Crippen molar-refractivity contribution >= 4 is 17.6 Å². The molecule has 0 radical (unpaired) electrons. The number of carboxylic acids is 1. The summed E-state index contributed by atoms with van der Waals surface area (Å²) in [5.41, 5.74) is 0.298. The van der Waals surface area contributed by atoms with Gasteiger partial charge in [0.2, 0.25) is 5.91 Å². The Labute approximate surface area is 109 Å². The average Bonchev–Trinajstić information content (AvgIpc) is 2.32. The van der Waals surface area contributed by atoms with Gasteiger partial charge in [0.05, 0.1) is 12.3 Å². The summed E-state index contributed by atoms with van der Waals surface area (Å²) >= 11 is 0. The molecule has 1 amide bonds. The van der Waals surface area contributed by atoms with Crippen LogP contribution in [0.3, 0.4) is 0 Å². The van der Waals surface area contributed by atoms with Crippen molar-refractivity contribution in [2.45, 2.75) is 6.92 Å². The van der Waals surface area contributed by atoms with E-state index in [0.29, 0.717) is 12.3 Å². The van der Waals surface area contributed by atoms with Gasteiger partial charge in [-0.1, -0.05) is 0 Å². The van der Waals surface area contributed by atoms with Gasteiger partial charge >= 0.3 is 5.97 Å². The molecular formula is C12H14FNO5. The third kappa shape index (κ3) is 5.35. The van der Waals surface area contributed by atoms with E-state index in [2.05, 4.69) is 10.1 Å². The number of amides is 1. The molecule has 0 fully saturated rings. The maximum absolute atomic E-state index is 13.0. The molecule has 2 N–H and O–H groups in total. The first-order valence-electron chi connectivity index (χ1n) is 5.54. The molecule has 104 valence electrons. The lowest BCUT2D eigenvalue weighted by atomic mass is 10.3. The van der Waals surface area contributed by atoms with Crippen molar-refractivity contribution in [3.05, 3.63) is 24.0 Å². The molecule has 1 aromatic rings. The van der Waals surface area contributed by atoms with Crippen molar-refractivity contribution in [1.29, 1.82) is 0 Å². The van der Waals surface area contributed by atoms with Crippen LogP contribution in [0, 0.1) is 5.82 Å². The number of carboxylic acid groups (broad SMARTS) is 1. The molecule has 0 spiro atoms. The number of ether oxygens (including phenoxy) is 2. The molecule has 0 saturated heterocycles. The second kappa shape index (κ2) is 7.32. The maximum atomic E-state index is 13.0. The first-order chi connectivity index (χ1) is 9.02. The van der Waals surface area contributed by atoms with Crippen molar-refractivity contribution in [2.75, 3.05) is 25.1 Å². The van der Waals surface area contributed by atoms with E-state index in [1.165, 1.54) is 12.1 Å². The van der Waals surface area contributed by atoms with Gasteiger partial charge in [-0.25, -0.2) is 9.18 Å². The van der Waals surface area contributed by atoms with Crippen LogP contribution in [0.4, 0.5) is 10.1 Å². The summed E-state index contributed by atoms with van der Waals surface area (Å²) in [4.78, 5) is 21.7. The zero-order chi connectivity index (χ0) is 14.3. The molecule has 0 aliphatic carbocycles. The van der Waals surface area contributed by atoms with Crippen LogP contribution in [0.25, 0.3) is 0 Å². The third-order valence-corrected chi connectivity index (χ3v) is 1.98. The number of rotatable bonds is 7. The average molecular weight is 271 g/mol. The number of carbonyl (C=O) groups is 2. The minimum absolute atomic E-state index is 0.203. The molecule has 0 bridgehead atoms. The highest BCUT2D eigenvalue weighted by molar-refractivity contribution is 5.93. The molecule has 0 aromatic heterocycles. The quantitative estimate of drug-likeness (QED) is 0.780. The second-order valence-corrected chi connectivity index (χ2v) is 3.51. The topological polar surface area (TPSA) is 84.9 Å². The van der Waals surface area contributed by atoms with Gasteiger partial charge in [0.25, 0.3) is 0 Å². The molecule has 0 aliphatic heterocycles. The van der Waals surface area contributed by atoms with E-state index < -0.39 is 30.9 Å². The lowest BCUT2D eigenvalue weighted by Crippen LogP contribution is -2.21. The zero-order valence-corrected chi connectivity index (χ0v) is 10.3. The molecular weight excluding hydrogens is 257 g/mol. The second-order valence-electron chi connectivity index (χ2n) is 3.51. The highest BCUT2D eigenvalue weighted by Crippen LogP contribution is 2.25. The predicted molar refractivity (Wildman–Crippen MR) is 64.7 cm³/mol. The number of benzene rings is 1. The summed E-state index contributed by atoms with van der Waals surface area (Å²) < 4.78 is 22.8. The third-order valence-electron chi connectivity index (χ3n) is 1.98. The minimum atomic E-state index is -1.16. The highest BCUT2D eigenvalue weighted by Gasteiger charge is 2.09. The van der Waals surface area contributed by atoms with Gasteiger partial charge in [-0.15, -0.1) is 0 Å². The van der Waals surface area contributed by atoms with Gasteiger partial charge in [0, 0.05) is 6.07 Å². The summed E-state index contributed by atoms with van der Waals surface area (Å²) in [6.07, 6.45) is 0. The summed E-state index contributed by atoms with van der Waals surface area (Å²) in [7, 11) is 0. The van der Waals surface area contributed by atoms with Crippen molar-refractivity contribution < 1.29 is 28.6 Å². The fourth-order valence-corrected chi connectivity index (χ4v) is 1.29. The summed E-state index contributed by atoms with van der Waals surface area (Å²) in [6, 6.07) is 3.68. The Morgan fingerprint density at radius 3 is 2.74 bits per heavy atom. The largest absolute Gasteiger partial charge is 0.492 e. The van der Waals surface area contributed by atoms with Crippen LogP contribution in [0.5, 0.6) is 5.75 Å². The molecule has 1 rings (SSSR count). The van der Waals surface area contributed by atoms with E-state index in [0.717, 1.165) is 6.07 Å². The van der Waals surface area contributed by atoms with Crippen molar-refractivity contribution in [1.82, 2.24) is 0 Å². The lowest BCUT2D eigenvalue weighted by Gasteiger charge is -2.11. The van der Waals surface area contributed by atoms with Crippen molar-refractivity contribution in [2.24, 2.45) is 0 Å². The van der Waals surface area contributed by atoms with E-state index >= 15 is 0 Å². The van der Waals surface area contributed by atoms with Crippen LogP contribution in [0.15, 0.2) is 18.2 Å². The van der Waals surface area contributed by atoms with Crippen LogP contribution in [-0.4, -0.2) is 36.8 Å². The monoisotopic (exact) mass is 271 g/mol. The Kier molecular flexibility index (Phi) is 5.74. The first kappa shape index (κ1) is 14.9. The van der Waals surface area contributed by atoms with Crippen LogP contribution < -0.4 is 10.1 Å². The number of hydrogen-bond donors (Lipinski definition) is 2. The van der Waals surface area contributed by atoms with E-state index in [1.54, 1.807) is 6.92 Å². The Balaban J connectivity index is 2.60. The molecule has 19 heavy (non-hydrogen) atoms. The number of hydrogen-bond acceptors (Lipinski definition) is 4. The molecule has 0 saturated carbocycles. The predicted octanol–water partition coefficient (Wildman–Crippen LogP) is 1.26. The van der Waals surface area contributed by atoms with E-state index in [1.807, 2.05) is 0 Å². The summed E-state index contributed by atoms with van der Waals surface area (Å²) in [6.45, 7) is 1.08. The molecule has 1 aromatic carbocycles. The van der Waals surface area contributed by atoms with E-state index in [-0.39, 0.29) is 5.75 Å². The van der Waals surface area contributed by atoms with Gasteiger partial charge in [-0.3, -0.25) is 4.79 Å². The van der Waals surface area contributed by atoms with Crippen molar-refractivity contribution in [3.63, 3.8) is 0 Å². The molecule has 0 aliphatic rings. The van der Waals surface area contributed by atoms with E-state index in [4.69, 9.17) is 9.84 Å². The Morgan fingerprint density at radius 2 is 2.11 bits per heavy atom. The lowest BCUT2D eigenvalue weighted by molar-refractivity contribution is -0.143.